The Labute approximate surface area is 167 Å². The van der Waals surface area contributed by atoms with Gasteiger partial charge in [0.2, 0.25) is 0 Å². The zero-order valence-corrected chi connectivity index (χ0v) is 16.3. The molecular weight excluding hydrogens is 372 g/mol. The number of H-pyrrole nitrogens is 1. The largest absolute Gasteiger partial charge is 0.359 e. The number of aryl methyl sites for hydroxylation is 1. The summed E-state index contributed by atoms with van der Waals surface area (Å²) in [5.74, 6) is -2.23. The van der Waals surface area contributed by atoms with E-state index in [0.29, 0.717) is 5.56 Å². The van der Waals surface area contributed by atoms with Crippen LogP contribution in [0.25, 0.3) is 22.0 Å². The first-order valence-electron chi connectivity index (χ1n) is 8.98. The van der Waals surface area contributed by atoms with E-state index in [1.165, 1.54) is 19.6 Å². The zero-order chi connectivity index (χ0) is 21.1. The summed E-state index contributed by atoms with van der Waals surface area (Å²) in [6.07, 6.45) is 0. The van der Waals surface area contributed by atoms with Crippen LogP contribution in [0.2, 0.25) is 0 Å². The summed E-state index contributed by atoms with van der Waals surface area (Å²) in [5, 5.41) is 12.3. The quantitative estimate of drug-likeness (QED) is 0.300. The molecular formula is C21H22N4O4. The molecule has 2 aromatic carbocycles. The number of rotatable bonds is 5. The van der Waals surface area contributed by atoms with Crippen molar-refractivity contribution in [1.29, 1.82) is 0 Å². The number of hydroxylamine groups is 1. The average molecular weight is 394 g/mol. The van der Waals surface area contributed by atoms with Gasteiger partial charge in [0, 0.05) is 36.3 Å². The van der Waals surface area contributed by atoms with Crippen LogP contribution in [0.15, 0.2) is 48.5 Å². The molecule has 3 rings (SSSR count). The summed E-state index contributed by atoms with van der Waals surface area (Å²) in [7, 11) is 2.67. The molecule has 150 valence electrons. The molecule has 0 radical (unpaired) electrons. The molecule has 0 aliphatic carbocycles. The second-order valence-corrected chi connectivity index (χ2v) is 6.74. The third-order valence-electron chi connectivity index (χ3n) is 4.78. The Kier molecular flexibility index (Phi) is 5.65. The first-order chi connectivity index (χ1) is 13.8. The molecule has 3 aromatic rings. The Hall–Kier alpha value is -3.65. The second-order valence-electron chi connectivity index (χ2n) is 6.74. The van der Waals surface area contributed by atoms with Crippen LogP contribution >= 0.6 is 0 Å². The van der Waals surface area contributed by atoms with Gasteiger partial charge in [-0.3, -0.25) is 19.6 Å². The molecule has 0 spiro atoms. The van der Waals surface area contributed by atoms with Crippen LogP contribution in [-0.2, 0) is 9.59 Å². The van der Waals surface area contributed by atoms with Gasteiger partial charge in [0.25, 0.3) is 17.7 Å². The highest BCUT2D eigenvalue weighted by Gasteiger charge is 2.33. The van der Waals surface area contributed by atoms with Crippen molar-refractivity contribution in [2.75, 3.05) is 14.1 Å². The topological polar surface area (TPSA) is 115 Å². The molecule has 1 aromatic heterocycles. The summed E-state index contributed by atoms with van der Waals surface area (Å²) < 4.78 is 0. The van der Waals surface area contributed by atoms with Crippen LogP contribution in [-0.4, -0.2) is 52.9 Å². The molecule has 0 saturated heterocycles. The minimum absolute atomic E-state index is 0.314. The first kappa shape index (κ1) is 20.1. The molecule has 1 unspecified atom stereocenters. The Morgan fingerprint density at radius 3 is 2.28 bits per heavy atom. The van der Waals surface area contributed by atoms with Crippen LogP contribution in [0.4, 0.5) is 0 Å². The monoisotopic (exact) mass is 394 g/mol. The summed E-state index contributed by atoms with van der Waals surface area (Å²) in [5.41, 5.74) is 5.81. The number of hydrogen-bond acceptors (Lipinski definition) is 4. The fraction of sp³-hybridized carbons (Fsp3) is 0.190. The van der Waals surface area contributed by atoms with Gasteiger partial charge in [-0.15, -0.1) is 0 Å². The maximum atomic E-state index is 12.7. The zero-order valence-electron chi connectivity index (χ0n) is 16.3. The third kappa shape index (κ3) is 3.97. The smallest absolute Gasteiger partial charge is 0.275 e. The molecule has 3 amide bonds. The lowest BCUT2D eigenvalue weighted by Gasteiger charge is -2.25. The molecule has 1 atom stereocenters. The first-order valence-corrected chi connectivity index (χ1v) is 8.98. The van der Waals surface area contributed by atoms with E-state index < -0.39 is 23.8 Å². The highest BCUT2D eigenvalue weighted by atomic mass is 16.5. The van der Waals surface area contributed by atoms with Crippen molar-refractivity contribution in [1.82, 2.24) is 20.7 Å². The van der Waals surface area contributed by atoms with E-state index in [0.717, 1.165) is 32.6 Å². The fourth-order valence-electron chi connectivity index (χ4n) is 3.25. The van der Waals surface area contributed by atoms with Crippen LogP contribution in [0, 0.1) is 6.92 Å². The highest BCUT2D eigenvalue weighted by molar-refractivity contribution is 6.08. The number of hydrogen-bond donors (Lipinski definition) is 4. The van der Waals surface area contributed by atoms with Gasteiger partial charge in [-0.25, -0.2) is 5.48 Å². The van der Waals surface area contributed by atoms with Gasteiger partial charge in [0.05, 0.1) is 0 Å². The predicted molar refractivity (Wildman–Crippen MR) is 108 cm³/mol. The standard InChI is InChI=1S/C21H22N4O4/c1-12-10-16-11-15(8-9-17(16)23-12)13-4-6-14(7-5-13)21(28)25(3)18(19(26)22-2)20(27)24-29/h4-11,18,23,29H,1-3H3,(H,22,26)(H,24,27). The van der Waals surface area contributed by atoms with Crippen molar-refractivity contribution < 1.29 is 19.6 Å². The van der Waals surface area contributed by atoms with Gasteiger partial charge in [0.15, 0.2) is 6.04 Å². The SMILES string of the molecule is CNC(=O)C(C(=O)NO)N(C)C(=O)c1ccc(-c2ccc3[nH]c(C)cc3c2)cc1. The number of carbonyl (C=O) groups is 3. The van der Waals surface area contributed by atoms with E-state index >= 15 is 0 Å². The Bertz CT molecular complexity index is 1060. The summed E-state index contributed by atoms with van der Waals surface area (Å²) in [6, 6.07) is 13.5. The molecule has 4 N–H and O–H groups in total. The molecule has 0 fully saturated rings. The van der Waals surface area contributed by atoms with Crippen molar-refractivity contribution in [3.63, 3.8) is 0 Å². The number of likely N-dealkylation sites (N-methyl/N-ethyl adjacent to an activating group) is 2. The Morgan fingerprint density at radius 2 is 1.66 bits per heavy atom. The summed E-state index contributed by atoms with van der Waals surface area (Å²) in [4.78, 5) is 40.8. The van der Waals surface area contributed by atoms with Crippen LogP contribution in [0.1, 0.15) is 16.1 Å². The number of amides is 3. The molecule has 8 nitrogen and oxygen atoms in total. The molecule has 0 bridgehead atoms. The van der Waals surface area contributed by atoms with Crippen LogP contribution in [0.3, 0.4) is 0 Å². The lowest BCUT2D eigenvalue weighted by molar-refractivity contribution is -0.140. The number of benzene rings is 2. The number of fused-ring (bicyclic) bond motifs is 1. The van der Waals surface area contributed by atoms with Gasteiger partial charge in [-0.05, 0) is 48.4 Å². The predicted octanol–water partition coefficient (Wildman–Crippen LogP) is 1.84. The van der Waals surface area contributed by atoms with Crippen LogP contribution in [0.5, 0.6) is 0 Å². The van der Waals surface area contributed by atoms with E-state index in [1.807, 2.05) is 31.2 Å². The third-order valence-corrected chi connectivity index (χ3v) is 4.78. The van der Waals surface area contributed by atoms with Gasteiger partial charge in [-0.1, -0.05) is 18.2 Å². The van der Waals surface area contributed by atoms with Gasteiger partial charge in [0.1, 0.15) is 0 Å². The van der Waals surface area contributed by atoms with Crippen molar-refractivity contribution in [3.05, 3.63) is 59.8 Å². The maximum absolute atomic E-state index is 12.7. The van der Waals surface area contributed by atoms with Gasteiger partial charge in [-0.2, -0.15) is 0 Å². The fourth-order valence-corrected chi connectivity index (χ4v) is 3.25. The van der Waals surface area contributed by atoms with Crippen molar-refractivity contribution in [2.45, 2.75) is 13.0 Å². The van der Waals surface area contributed by atoms with E-state index in [9.17, 15) is 14.4 Å². The number of aromatic amines is 1. The van der Waals surface area contributed by atoms with Gasteiger partial charge >= 0.3 is 0 Å². The minimum atomic E-state index is -1.49. The average Bonchev–Trinajstić information content (AvgIpc) is 3.12. The molecule has 8 heteroatoms. The molecule has 0 aliphatic rings. The lowest BCUT2D eigenvalue weighted by Crippen LogP contribution is -2.54. The van der Waals surface area contributed by atoms with Crippen molar-refractivity contribution in [3.8, 4) is 11.1 Å². The van der Waals surface area contributed by atoms with E-state index in [-0.39, 0.29) is 0 Å². The van der Waals surface area contributed by atoms with Crippen LogP contribution < -0.4 is 10.8 Å². The number of aromatic nitrogens is 1. The maximum Gasteiger partial charge on any atom is 0.275 e. The van der Waals surface area contributed by atoms with E-state index in [2.05, 4.69) is 22.4 Å². The number of nitrogens with one attached hydrogen (secondary N) is 3. The van der Waals surface area contributed by atoms with E-state index in [4.69, 9.17) is 5.21 Å². The summed E-state index contributed by atoms with van der Waals surface area (Å²) in [6.45, 7) is 2.00. The molecule has 1 heterocycles. The normalized spacial score (nSPS) is 11.7. The van der Waals surface area contributed by atoms with Crippen molar-refractivity contribution >= 4 is 28.6 Å². The van der Waals surface area contributed by atoms with E-state index in [1.54, 1.807) is 12.1 Å². The highest BCUT2D eigenvalue weighted by Crippen LogP contribution is 2.25. The number of nitrogens with zero attached hydrogens (tertiary/aromatic N) is 1. The number of carbonyl (C=O) groups excluding carboxylic acids is 3. The van der Waals surface area contributed by atoms with Gasteiger partial charge < -0.3 is 15.2 Å². The molecule has 29 heavy (non-hydrogen) atoms. The Balaban J connectivity index is 1.85. The second kappa shape index (κ2) is 8.15. The lowest BCUT2D eigenvalue weighted by atomic mass is 10.0. The molecule has 0 saturated carbocycles. The Morgan fingerprint density at radius 1 is 1.00 bits per heavy atom. The summed E-state index contributed by atoms with van der Waals surface area (Å²) >= 11 is 0. The van der Waals surface area contributed by atoms with Crippen molar-refractivity contribution in [2.24, 2.45) is 0 Å². The minimum Gasteiger partial charge on any atom is -0.359 e. The molecule has 0 aliphatic heterocycles.